The van der Waals surface area contributed by atoms with E-state index in [0.717, 1.165) is 6.42 Å². The number of amides is 1. The van der Waals surface area contributed by atoms with Crippen molar-refractivity contribution in [1.82, 2.24) is 9.97 Å². The predicted octanol–water partition coefficient (Wildman–Crippen LogP) is 0.775. The molecule has 0 bridgehead atoms. The lowest BCUT2D eigenvalue weighted by Crippen LogP contribution is -2.12. The summed E-state index contributed by atoms with van der Waals surface area (Å²) in [4.78, 5) is 17.8. The quantitative estimate of drug-likeness (QED) is 0.663. The average Bonchev–Trinajstić information content (AvgIpc) is 2.57. The average molecular weight is 183 g/mol. The molecule has 0 radical (unpaired) electrons. The SMILES string of the molecule is COCCCC(=O)Nc1ncc[nH]1. The lowest BCUT2D eigenvalue weighted by molar-refractivity contribution is -0.116. The van der Waals surface area contributed by atoms with Crippen LogP contribution in [0.15, 0.2) is 12.4 Å². The first kappa shape index (κ1) is 9.73. The van der Waals surface area contributed by atoms with Crippen LogP contribution in [0.5, 0.6) is 0 Å². The fourth-order valence-corrected chi connectivity index (χ4v) is 0.905. The van der Waals surface area contributed by atoms with Gasteiger partial charge in [-0.05, 0) is 6.42 Å². The zero-order valence-corrected chi connectivity index (χ0v) is 7.54. The van der Waals surface area contributed by atoms with Gasteiger partial charge in [0.25, 0.3) is 0 Å². The molecule has 2 N–H and O–H groups in total. The first-order valence-electron chi connectivity index (χ1n) is 4.11. The van der Waals surface area contributed by atoms with Gasteiger partial charge in [0, 0.05) is 32.5 Å². The van der Waals surface area contributed by atoms with E-state index in [1.165, 1.54) is 0 Å². The van der Waals surface area contributed by atoms with E-state index in [2.05, 4.69) is 15.3 Å². The Morgan fingerprint density at radius 3 is 3.23 bits per heavy atom. The summed E-state index contributed by atoms with van der Waals surface area (Å²) in [7, 11) is 1.62. The Morgan fingerprint density at radius 2 is 2.62 bits per heavy atom. The van der Waals surface area contributed by atoms with Crippen LogP contribution in [0.2, 0.25) is 0 Å². The molecule has 72 valence electrons. The van der Waals surface area contributed by atoms with Gasteiger partial charge in [0.2, 0.25) is 11.9 Å². The first-order valence-corrected chi connectivity index (χ1v) is 4.11. The number of carbonyl (C=O) groups is 1. The smallest absolute Gasteiger partial charge is 0.226 e. The van der Waals surface area contributed by atoms with Crippen molar-refractivity contribution >= 4 is 11.9 Å². The van der Waals surface area contributed by atoms with E-state index in [-0.39, 0.29) is 5.91 Å². The molecule has 0 atom stereocenters. The zero-order valence-electron chi connectivity index (χ0n) is 7.54. The molecule has 1 amide bonds. The summed E-state index contributed by atoms with van der Waals surface area (Å²) in [5.74, 6) is 0.439. The standard InChI is InChI=1S/C8H13N3O2/c1-13-6-2-3-7(12)11-8-9-4-5-10-8/h4-5H,2-3,6H2,1H3,(H2,9,10,11,12). The van der Waals surface area contributed by atoms with Gasteiger partial charge in [0.1, 0.15) is 0 Å². The van der Waals surface area contributed by atoms with Crippen molar-refractivity contribution in [2.24, 2.45) is 0 Å². The van der Waals surface area contributed by atoms with Crippen LogP contribution in [0.3, 0.4) is 0 Å². The van der Waals surface area contributed by atoms with Crippen LogP contribution in [-0.2, 0) is 9.53 Å². The van der Waals surface area contributed by atoms with Crippen LogP contribution in [0, 0.1) is 0 Å². The van der Waals surface area contributed by atoms with E-state index in [1.54, 1.807) is 19.5 Å². The third-order valence-electron chi connectivity index (χ3n) is 1.51. The fraction of sp³-hybridized carbons (Fsp3) is 0.500. The molecule has 0 unspecified atom stereocenters. The lowest BCUT2D eigenvalue weighted by Gasteiger charge is -2.00. The van der Waals surface area contributed by atoms with Gasteiger partial charge >= 0.3 is 0 Å². The Kier molecular flexibility index (Phi) is 3.98. The van der Waals surface area contributed by atoms with Crippen molar-refractivity contribution in [1.29, 1.82) is 0 Å². The number of methoxy groups -OCH3 is 1. The number of carbonyl (C=O) groups excluding carboxylic acids is 1. The second kappa shape index (κ2) is 5.31. The molecule has 0 saturated heterocycles. The van der Waals surface area contributed by atoms with Crippen molar-refractivity contribution in [2.75, 3.05) is 19.0 Å². The van der Waals surface area contributed by atoms with Gasteiger partial charge in [-0.3, -0.25) is 10.1 Å². The molecule has 0 aliphatic carbocycles. The van der Waals surface area contributed by atoms with Crippen LogP contribution in [0.25, 0.3) is 0 Å². The first-order chi connectivity index (χ1) is 6.33. The van der Waals surface area contributed by atoms with E-state index in [4.69, 9.17) is 4.74 Å². The van der Waals surface area contributed by atoms with Gasteiger partial charge in [-0.25, -0.2) is 4.98 Å². The number of H-pyrrole nitrogens is 1. The Bertz CT molecular complexity index is 246. The van der Waals surface area contributed by atoms with E-state index >= 15 is 0 Å². The minimum absolute atomic E-state index is 0.0491. The highest BCUT2D eigenvalue weighted by atomic mass is 16.5. The van der Waals surface area contributed by atoms with Gasteiger partial charge in [-0.15, -0.1) is 0 Å². The van der Waals surface area contributed by atoms with E-state index in [1.807, 2.05) is 0 Å². The summed E-state index contributed by atoms with van der Waals surface area (Å²) in [5.41, 5.74) is 0. The minimum Gasteiger partial charge on any atom is -0.385 e. The van der Waals surface area contributed by atoms with Gasteiger partial charge in [0.05, 0.1) is 0 Å². The lowest BCUT2D eigenvalue weighted by atomic mass is 10.3. The molecular formula is C8H13N3O2. The summed E-state index contributed by atoms with van der Waals surface area (Å²) >= 11 is 0. The summed E-state index contributed by atoms with van der Waals surface area (Å²) in [5, 5.41) is 2.62. The van der Waals surface area contributed by atoms with Gasteiger partial charge in [0.15, 0.2) is 0 Å². The topological polar surface area (TPSA) is 67.0 Å². The van der Waals surface area contributed by atoms with Crippen molar-refractivity contribution in [3.63, 3.8) is 0 Å². The highest BCUT2D eigenvalue weighted by Crippen LogP contribution is 1.98. The summed E-state index contributed by atoms with van der Waals surface area (Å²) in [6.45, 7) is 0.603. The number of aromatic amines is 1. The predicted molar refractivity (Wildman–Crippen MR) is 48.3 cm³/mol. The van der Waals surface area contributed by atoms with Crippen molar-refractivity contribution < 1.29 is 9.53 Å². The fourth-order valence-electron chi connectivity index (χ4n) is 0.905. The zero-order chi connectivity index (χ0) is 9.52. The Morgan fingerprint density at radius 1 is 1.77 bits per heavy atom. The molecule has 1 aromatic heterocycles. The molecule has 0 aliphatic rings. The number of anilines is 1. The highest BCUT2D eigenvalue weighted by molar-refractivity contribution is 5.88. The molecule has 0 aliphatic heterocycles. The summed E-state index contributed by atoms with van der Waals surface area (Å²) in [6, 6.07) is 0. The normalized spacial score (nSPS) is 9.92. The molecule has 0 spiro atoms. The van der Waals surface area contributed by atoms with Crippen molar-refractivity contribution in [3.05, 3.63) is 12.4 Å². The highest BCUT2D eigenvalue weighted by Gasteiger charge is 2.02. The summed E-state index contributed by atoms with van der Waals surface area (Å²) < 4.78 is 4.82. The Balaban J connectivity index is 2.18. The van der Waals surface area contributed by atoms with Crippen LogP contribution < -0.4 is 5.32 Å². The number of nitrogens with one attached hydrogen (secondary N) is 2. The minimum atomic E-state index is -0.0491. The van der Waals surface area contributed by atoms with Crippen molar-refractivity contribution in [2.45, 2.75) is 12.8 Å². The number of hydrogen-bond donors (Lipinski definition) is 2. The molecular weight excluding hydrogens is 170 g/mol. The van der Waals surface area contributed by atoms with Crippen LogP contribution in [0.1, 0.15) is 12.8 Å². The number of hydrogen-bond acceptors (Lipinski definition) is 3. The number of ether oxygens (including phenoxy) is 1. The third-order valence-corrected chi connectivity index (χ3v) is 1.51. The number of nitrogens with zero attached hydrogens (tertiary/aromatic N) is 1. The number of aromatic nitrogens is 2. The molecule has 0 aromatic carbocycles. The second-order valence-corrected chi connectivity index (χ2v) is 2.58. The van der Waals surface area contributed by atoms with Crippen LogP contribution >= 0.6 is 0 Å². The molecule has 5 heteroatoms. The summed E-state index contributed by atoms with van der Waals surface area (Å²) in [6.07, 6.45) is 4.42. The number of rotatable bonds is 5. The molecule has 5 nitrogen and oxygen atoms in total. The van der Waals surface area contributed by atoms with Crippen LogP contribution in [-0.4, -0.2) is 29.6 Å². The maximum atomic E-state index is 11.2. The monoisotopic (exact) mass is 183 g/mol. The van der Waals surface area contributed by atoms with E-state index in [0.29, 0.717) is 19.0 Å². The third kappa shape index (κ3) is 3.71. The Labute approximate surface area is 76.5 Å². The van der Waals surface area contributed by atoms with Gasteiger partial charge in [-0.1, -0.05) is 0 Å². The molecule has 0 saturated carbocycles. The largest absolute Gasteiger partial charge is 0.385 e. The van der Waals surface area contributed by atoms with Crippen LogP contribution in [0.4, 0.5) is 5.95 Å². The Hall–Kier alpha value is -1.36. The molecule has 0 fully saturated rings. The molecule has 13 heavy (non-hydrogen) atoms. The molecule has 1 aromatic rings. The number of imidazole rings is 1. The van der Waals surface area contributed by atoms with Gasteiger partial charge in [-0.2, -0.15) is 0 Å². The maximum Gasteiger partial charge on any atom is 0.226 e. The second-order valence-electron chi connectivity index (χ2n) is 2.58. The van der Waals surface area contributed by atoms with E-state index in [9.17, 15) is 4.79 Å². The van der Waals surface area contributed by atoms with E-state index < -0.39 is 0 Å². The van der Waals surface area contributed by atoms with Gasteiger partial charge < -0.3 is 9.72 Å². The molecule has 1 rings (SSSR count). The molecule has 1 heterocycles. The maximum absolute atomic E-state index is 11.2. The van der Waals surface area contributed by atoms with Crippen molar-refractivity contribution in [3.8, 4) is 0 Å².